The quantitative estimate of drug-likeness (QED) is 0.740. The Kier molecular flexibility index (Phi) is 5.18. The third-order valence-corrected chi connectivity index (χ3v) is 5.14. The molecule has 0 bridgehead atoms. The first-order chi connectivity index (χ1) is 14.5. The van der Waals surface area contributed by atoms with Gasteiger partial charge in [0.15, 0.2) is 12.1 Å². The number of anilines is 2. The van der Waals surface area contributed by atoms with Gasteiger partial charge in [0.25, 0.3) is 11.8 Å². The van der Waals surface area contributed by atoms with E-state index in [1.165, 1.54) is 5.01 Å². The van der Waals surface area contributed by atoms with Crippen molar-refractivity contribution in [3.63, 3.8) is 0 Å². The van der Waals surface area contributed by atoms with Crippen molar-refractivity contribution < 1.29 is 19.1 Å². The zero-order valence-corrected chi connectivity index (χ0v) is 16.6. The van der Waals surface area contributed by atoms with Crippen LogP contribution in [0.25, 0.3) is 0 Å². The summed E-state index contributed by atoms with van der Waals surface area (Å²) in [7, 11) is 1.56. The summed E-state index contributed by atoms with van der Waals surface area (Å²) in [5.41, 5.74) is 2.18. The maximum atomic E-state index is 13.0. The number of ether oxygens (including phenoxy) is 1. The molecule has 3 amide bonds. The van der Waals surface area contributed by atoms with Gasteiger partial charge in [-0.15, -0.1) is 0 Å². The molecule has 0 aliphatic carbocycles. The lowest BCUT2D eigenvalue weighted by molar-refractivity contribution is -0.123. The second-order valence-electron chi connectivity index (χ2n) is 7.00. The fourth-order valence-corrected chi connectivity index (χ4v) is 3.51. The summed E-state index contributed by atoms with van der Waals surface area (Å²) in [6, 6.07) is 12.3. The first-order valence-corrected chi connectivity index (χ1v) is 9.60. The van der Waals surface area contributed by atoms with Crippen LogP contribution < -0.4 is 15.0 Å². The van der Waals surface area contributed by atoms with Crippen LogP contribution in [0.5, 0.6) is 5.75 Å². The number of hydrogen-bond donors (Lipinski definition) is 1. The van der Waals surface area contributed by atoms with Crippen LogP contribution in [0.4, 0.5) is 11.4 Å². The number of fused-ring (bicyclic) bond motifs is 1. The molecule has 9 heteroatoms. The van der Waals surface area contributed by atoms with Crippen LogP contribution in [0, 0.1) is 0 Å². The van der Waals surface area contributed by atoms with Crippen molar-refractivity contribution in [2.75, 3.05) is 23.9 Å². The molecular formula is C21H21N5O4. The number of hydrogen-bond acceptors (Lipinski definition) is 7. The molecular weight excluding hydrogens is 386 g/mol. The summed E-state index contributed by atoms with van der Waals surface area (Å²) in [6.45, 7) is 1.83. The van der Waals surface area contributed by atoms with E-state index in [4.69, 9.17) is 4.74 Å². The predicted octanol–water partition coefficient (Wildman–Crippen LogP) is 2.19. The molecule has 2 aliphatic rings. The van der Waals surface area contributed by atoms with Crippen LogP contribution in [0.2, 0.25) is 0 Å². The lowest BCUT2D eigenvalue weighted by atomic mass is 10.1. The van der Waals surface area contributed by atoms with Gasteiger partial charge in [0.2, 0.25) is 5.91 Å². The van der Waals surface area contributed by atoms with E-state index in [0.717, 1.165) is 16.9 Å². The molecule has 2 aromatic rings. The molecule has 0 spiro atoms. The van der Waals surface area contributed by atoms with Gasteiger partial charge in [-0.1, -0.05) is 24.3 Å². The van der Waals surface area contributed by atoms with Crippen molar-refractivity contribution in [2.24, 2.45) is 10.3 Å². The van der Waals surface area contributed by atoms with Crippen LogP contribution in [-0.4, -0.2) is 48.5 Å². The van der Waals surface area contributed by atoms with E-state index in [1.807, 2.05) is 19.1 Å². The van der Waals surface area contributed by atoms with Crippen LogP contribution in [0.1, 0.15) is 12.5 Å². The number of benzene rings is 2. The van der Waals surface area contributed by atoms with Gasteiger partial charge < -0.3 is 10.1 Å². The Hall–Kier alpha value is -3.75. The summed E-state index contributed by atoms with van der Waals surface area (Å²) >= 11 is 0. The van der Waals surface area contributed by atoms with Gasteiger partial charge in [0.05, 0.1) is 12.8 Å². The van der Waals surface area contributed by atoms with Gasteiger partial charge in [-0.3, -0.25) is 19.4 Å². The zero-order chi connectivity index (χ0) is 21.3. The Morgan fingerprint density at radius 3 is 2.40 bits per heavy atom. The van der Waals surface area contributed by atoms with E-state index in [0.29, 0.717) is 17.1 Å². The molecule has 1 saturated heterocycles. The molecule has 1 fully saturated rings. The summed E-state index contributed by atoms with van der Waals surface area (Å²) < 4.78 is 5.09. The molecule has 2 atom stereocenters. The molecule has 9 nitrogen and oxygen atoms in total. The Balaban J connectivity index is 1.45. The first kappa shape index (κ1) is 19.6. The molecule has 154 valence electrons. The Bertz CT molecular complexity index is 1000. The second kappa shape index (κ2) is 7.94. The number of methoxy groups -OCH3 is 1. The van der Waals surface area contributed by atoms with Crippen molar-refractivity contribution >= 4 is 29.1 Å². The normalized spacial score (nSPS) is 19.9. The van der Waals surface area contributed by atoms with E-state index in [2.05, 4.69) is 15.7 Å². The number of amides is 3. The summed E-state index contributed by atoms with van der Waals surface area (Å²) in [5.74, 6) is -0.565. The number of aryl methyl sites for hydroxylation is 1. The fourth-order valence-electron chi connectivity index (χ4n) is 3.51. The van der Waals surface area contributed by atoms with Gasteiger partial charge in [0, 0.05) is 5.69 Å². The average Bonchev–Trinajstić information content (AvgIpc) is 3.28. The van der Waals surface area contributed by atoms with Gasteiger partial charge in [-0.05, 0) is 48.4 Å². The standard InChI is InChI=1S/C21H21N5O4/c1-3-13-4-8-15(9-5-13)26-20(28)18-19(21(26)29)25(24-23-18)12-17(27)22-14-6-10-16(30-2)11-7-14/h4-11,18-19H,3,12H2,1-2H3,(H,22,27). The van der Waals surface area contributed by atoms with Crippen LogP contribution in [0.3, 0.4) is 0 Å². The Labute approximate surface area is 173 Å². The number of carbonyl (C=O) groups excluding carboxylic acids is 3. The van der Waals surface area contributed by atoms with Crippen LogP contribution in [-0.2, 0) is 20.8 Å². The summed E-state index contributed by atoms with van der Waals surface area (Å²) in [6.07, 6.45) is 0.860. The van der Waals surface area contributed by atoms with Crippen molar-refractivity contribution in [2.45, 2.75) is 25.4 Å². The minimum Gasteiger partial charge on any atom is -0.497 e. The predicted molar refractivity (Wildman–Crippen MR) is 109 cm³/mol. The van der Waals surface area contributed by atoms with Gasteiger partial charge in [-0.25, -0.2) is 4.90 Å². The van der Waals surface area contributed by atoms with Crippen LogP contribution in [0.15, 0.2) is 58.9 Å². The first-order valence-electron chi connectivity index (χ1n) is 9.60. The summed E-state index contributed by atoms with van der Waals surface area (Å²) in [4.78, 5) is 39.3. The van der Waals surface area contributed by atoms with Gasteiger partial charge >= 0.3 is 0 Å². The Morgan fingerprint density at radius 1 is 1.07 bits per heavy atom. The van der Waals surface area contributed by atoms with E-state index in [1.54, 1.807) is 43.5 Å². The topological polar surface area (TPSA) is 104 Å². The molecule has 0 radical (unpaired) electrons. The highest BCUT2D eigenvalue weighted by Gasteiger charge is 2.55. The second-order valence-corrected chi connectivity index (χ2v) is 7.00. The zero-order valence-electron chi connectivity index (χ0n) is 16.6. The molecule has 0 saturated carbocycles. The highest BCUT2D eigenvalue weighted by molar-refractivity contribution is 6.25. The number of nitrogens with zero attached hydrogens (tertiary/aromatic N) is 4. The van der Waals surface area contributed by atoms with E-state index < -0.39 is 23.9 Å². The van der Waals surface area contributed by atoms with Crippen molar-refractivity contribution in [3.8, 4) is 5.75 Å². The highest BCUT2D eigenvalue weighted by Crippen LogP contribution is 2.32. The minimum atomic E-state index is -0.933. The van der Waals surface area contributed by atoms with E-state index in [9.17, 15) is 14.4 Å². The van der Waals surface area contributed by atoms with Crippen LogP contribution >= 0.6 is 0 Å². The molecule has 0 aromatic heterocycles. The molecule has 1 N–H and O–H groups in total. The lowest BCUT2D eigenvalue weighted by Gasteiger charge is -2.20. The maximum absolute atomic E-state index is 13.0. The third-order valence-electron chi connectivity index (χ3n) is 5.14. The molecule has 2 aromatic carbocycles. The monoisotopic (exact) mass is 407 g/mol. The van der Waals surface area contributed by atoms with Crippen molar-refractivity contribution in [1.82, 2.24) is 5.01 Å². The Morgan fingerprint density at radius 2 is 1.77 bits per heavy atom. The number of nitrogens with one attached hydrogen (secondary N) is 1. The molecule has 2 heterocycles. The van der Waals surface area contributed by atoms with Gasteiger partial charge in [0.1, 0.15) is 12.3 Å². The molecule has 30 heavy (non-hydrogen) atoms. The third kappa shape index (κ3) is 3.49. The largest absolute Gasteiger partial charge is 0.497 e. The fraction of sp³-hybridized carbons (Fsp3) is 0.286. The number of rotatable bonds is 6. The summed E-state index contributed by atoms with van der Waals surface area (Å²) in [5, 5.41) is 11.8. The van der Waals surface area contributed by atoms with Gasteiger partial charge in [-0.2, -0.15) is 5.11 Å². The van der Waals surface area contributed by atoms with Crippen molar-refractivity contribution in [1.29, 1.82) is 0 Å². The van der Waals surface area contributed by atoms with E-state index in [-0.39, 0.29) is 12.5 Å². The smallest absolute Gasteiger partial charge is 0.263 e. The lowest BCUT2D eigenvalue weighted by Crippen LogP contribution is -2.43. The van der Waals surface area contributed by atoms with E-state index >= 15 is 0 Å². The maximum Gasteiger partial charge on any atom is 0.263 e. The number of carbonyl (C=O) groups is 3. The molecule has 2 aliphatic heterocycles. The van der Waals surface area contributed by atoms with Crippen molar-refractivity contribution in [3.05, 3.63) is 54.1 Å². The number of imide groups is 1. The average molecular weight is 407 g/mol. The SMILES string of the molecule is CCc1ccc(N2C(=O)C3N=NN(CC(=O)Nc4ccc(OC)cc4)C3C2=O)cc1. The highest BCUT2D eigenvalue weighted by atomic mass is 16.5. The molecule has 2 unspecified atom stereocenters. The molecule has 4 rings (SSSR count). The minimum absolute atomic E-state index is 0.196.